The molecule has 3 aromatic carbocycles. The molecule has 0 unspecified atom stereocenters. The molecule has 5 aromatic rings. The summed E-state index contributed by atoms with van der Waals surface area (Å²) in [5, 5.41) is 24.1. The van der Waals surface area contributed by atoms with Gasteiger partial charge in [-0.15, -0.1) is 0 Å². The van der Waals surface area contributed by atoms with Gasteiger partial charge in [0.05, 0.1) is 20.0 Å². The maximum Gasteiger partial charge on any atom is 0.280 e. The number of aliphatic hydroxyl groups excluding tert-OH is 2. The molecule has 4 atom stereocenters. The van der Waals surface area contributed by atoms with E-state index in [1.54, 1.807) is 14.0 Å². The van der Waals surface area contributed by atoms with Crippen molar-refractivity contribution in [3.63, 3.8) is 0 Å². The van der Waals surface area contributed by atoms with Gasteiger partial charge in [0.25, 0.3) is 5.56 Å². The third kappa shape index (κ3) is 4.66. The lowest BCUT2D eigenvalue weighted by molar-refractivity contribution is -0.128. The molecule has 0 spiro atoms. The Bertz CT molecular complexity index is 1720. The molecule has 0 radical (unpaired) electrons. The van der Waals surface area contributed by atoms with Gasteiger partial charge < -0.3 is 25.0 Å². The van der Waals surface area contributed by atoms with Crippen LogP contribution >= 0.6 is 0 Å². The molecule has 10 nitrogen and oxygen atoms in total. The topological polar surface area (TPSA) is 135 Å². The molecule has 222 valence electrons. The van der Waals surface area contributed by atoms with Crippen molar-refractivity contribution in [2.24, 2.45) is 0 Å². The lowest BCUT2D eigenvalue weighted by Crippen LogP contribution is -2.44. The van der Waals surface area contributed by atoms with E-state index in [4.69, 9.17) is 14.5 Å². The van der Waals surface area contributed by atoms with Crippen LogP contribution < -0.4 is 15.6 Å². The van der Waals surface area contributed by atoms with Crippen LogP contribution in [-0.4, -0.2) is 61.3 Å². The molecule has 0 amide bonds. The number of methoxy groups -OCH3 is 1. The van der Waals surface area contributed by atoms with Gasteiger partial charge in [0.1, 0.15) is 23.0 Å². The normalized spacial score (nSPS) is 22.1. The lowest BCUT2D eigenvalue weighted by Gasteiger charge is -2.37. The predicted molar refractivity (Wildman–Crippen MR) is 159 cm³/mol. The van der Waals surface area contributed by atoms with Crippen LogP contribution in [0.5, 0.6) is 5.75 Å². The highest BCUT2D eigenvalue weighted by Gasteiger charge is 2.55. The molecule has 1 saturated heterocycles. The van der Waals surface area contributed by atoms with Gasteiger partial charge in [0.15, 0.2) is 23.6 Å². The highest BCUT2D eigenvalue weighted by atomic mass is 19.1. The summed E-state index contributed by atoms with van der Waals surface area (Å²) in [5.74, 6) is 0.779. The molecule has 0 aliphatic carbocycles. The molecule has 2 aromatic heterocycles. The number of ether oxygens (including phenoxy) is 2. The van der Waals surface area contributed by atoms with Gasteiger partial charge in [-0.1, -0.05) is 79.7 Å². The van der Waals surface area contributed by atoms with E-state index in [1.807, 2.05) is 84.9 Å². The first kappa shape index (κ1) is 28.5. The van der Waals surface area contributed by atoms with Crippen molar-refractivity contribution in [3.05, 3.63) is 118 Å². The first-order valence-electron chi connectivity index (χ1n) is 14.0. The van der Waals surface area contributed by atoms with Crippen LogP contribution in [0.25, 0.3) is 11.2 Å². The Morgan fingerprint density at radius 1 is 1.05 bits per heavy atom. The summed E-state index contributed by atoms with van der Waals surface area (Å²) >= 11 is 0. The van der Waals surface area contributed by atoms with E-state index in [1.165, 1.54) is 10.9 Å². The summed E-state index contributed by atoms with van der Waals surface area (Å²) in [6, 6.07) is 27.1. The summed E-state index contributed by atoms with van der Waals surface area (Å²) in [7, 11) is 1.60. The second kappa shape index (κ2) is 11.3. The van der Waals surface area contributed by atoms with Crippen LogP contribution in [0.15, 0.2) is 96.1 Å². The van der Waals surface area contributed by atoms with Crippen molar-refractivity contribution in [1.82, 2.24) is 19.5 Å². The minimum absolute atomic E-state index is 0.0247. The van der Waals surface area contributed by atoms with Crippen LogP contribution in [0.2, 0.25) is 0 Å². The maximum absolute atomic E-state index is 15.5. The fourth-order valence-electron chi connectivity index (χ4n) is 5.85. The molecule has 1 aliphatic rings. The number of aromatic amines is 1. The molecule has 43 heavy (non-hydrogen) atoms. The van der Waals surface area contributed by atoms with Crippen molar-refractivity contribution >= 4 is 17.1 Å². The summed E-state index contributed by atoms with van der Waals surface area (Å²) in [4.78, 5) is 25.0. The third-order valence-corrected chi connectivity index (χ3v) is 8.28. The van der Waals surface area contributed by atoms with Gasteiger partial charge in [0.2, 0.25) is 5.95 Å². The summed E-state index contributed by atoms with van der Waals surface area (Å²) in [5.41, 5.74) is -0.483. The number of hydrogen-bond acceptors (Lipinski definition) is 8. The van der Waals surface area contributed by atoms with Crippen molar-refractivity contribution in [3.8, 4) is 5.75 Å². The van der Waals surface area contributed by atoms with Crippen LogP contribution in [0.4, 0.5) is 10.3 Å². The Labute approximate surface area is 246 Å². The van der Waals surface area contributed by atoms with Gasteiger partial charge in [-0.2, -0.15) is 4.98 Å². The monoisotopic (exact) mass is 585 g/mol. The number of alkyl halides is 1. The van der Waals surface area contributed by atoms with E-state index in [2.05, 4.69) is 15.3 Å². The molecule has 1 fully saturated rings. The first-order chi connectivity index (χ1) is 20.9. The fraction of sp³-hybridized carbons (Fsp3) is 0.281. The number of imidazole rings is 1. The van der Waals surface area contributed by atoms with Gasteiger partial charge in [-0.05, 0) is 35.2 Å². The number of halogens is 1. The molecule has 3 heterocycles. The quantitative estimate of drug-likeness (QED) is 0.192. The Balaban J connectivity index is 1.53. The second-order valence-electron chi connectivity index (χ2n) is 10.5. The zero-order valence-electron chi connectivity index (χ0n) is 23.6. The number of aromatic nitrogens is 4. The Morgan fingerprint density at radius 3 is 2.19 bits per heavy atom. The molecule has 0 saturated carbocycles. The molecule has 4 N–H and O–H groups in total. The number of rotatable bonds is 9. The summed E-state index contributed by atoms with van der Waals surface area (Å²) in [6.45, 7) is 1.12. The van der Waals surface area contributed by atoms with Crippen molar-refractivity contribution in [2.75, 3.05) is 19.0 Å². The second-order valence-corrected chi connectivity index (χ2v) is 10.5. The first-order valence-corrected chi connectivity index (χ1v) is 14.0. The SMILES string of the molecule is CC[C@]1(CO)O[C@@H](n2cnc3c(=O)[nH]c(NC(c4ccccc4)(c4ccccc4)c4ccc(OC)cc4)nc32)[C@@H](F)[C@@H]1O. The molecule has 1 aliphatic heterocycles. The number of H-pyrrole nitrogens is 1. The number of anilines is 1. The van der Waals surface area contributed by atoms with Crippen molar-refractivity contribution < 1.29 is 24.1 Å². The van der Waals surface area contributed by atoms with E-state index in [0.29, 0.717) is 5.75 Å². The smallest absolute Gasteiger partial charge is 0.280 e. The number of nitrogens with zero attached hydrogens (tertiary/aromatic N) is 3. The van der Waals surface area contributed by atoms with E-state index in [-0.39, 0.29) is 23.5 Å². The molecule has 0 bridgehead atoms. The third-order valence-electron chi connectivity index (χ3n) is 8.28. The van der Waals surface area contributed by atoms with Crippen LogP contribution in [-0.2, 0) is 10.3 Å². The Morgan fingerprint density at radius 2 is 1.65 bits per heavy atom. The molecular formula is C32H32FN5O5. The number of fused-ring (bicyclic) bond motifs is 1. The van der Waals surface area contributed by atoms with Gasteiger partial charge in [-0.25, -0.2) is 9.37 Å². The maximum atomic E-state index is 15.5. The fourth-order valence-corrected chi connectivity index (χ4v) is 5.85. The minimum atomic E-state index is -1.89. The average molecular weight is 586 g/mol. The molecule has 11 heteroatoms. The summed E-state index contributed by atoms with van der Waals surface area (Å²) in [6.07, 6.45) is -3.40. The highest BCUT2D eigenvalue weighted by Crippen LogP contribution is 2.42. The highest BCUT2D eigenvalue weighted by molar-refractivity contribution is 5.71. The van der Waals surface area contributed by atoms with Gasteiger partial charge >= 0.3 is 0 Å². The van der Waals surface area contributed by atoms with Crippen LogP contribution in [0, 0.1) is 0 Å². The van der Waals surface area contributed by atoms with Gasteiger partial charge in [-0.3, -0.25) is 14.3 Å². The number of benzene rings is 3. The zero-order valence-corrected chi connectivity index (χ0v) is 23.6. The van der Waals surface area contributed by atoms with Crippen LogP contribution in [0.3, 0.4) is 0 Å². The largest absolute Gasteiger partial charge is 0.497 e. The average Bonchev–Trinajstić information content (AvgIpc) is 3.59. The predicted octanol–water partition coefficient (Wildman–Crippen LogP) is 3.90. The number of hydrogen-bond donors (Lipinski definition) is 4. The summed E-state index contributed by atoms with van der Waals surface area (Å²) < 4.78 is 28.1. The number of aliphatic hydroxyl groups is 2. The van der Waals surface area contributed by atoms with Crippen molar-refractivity contribution in [2.45, 2.75) is 43.0 Å². The van der Waals surface area contributed by atoms with E-state index in [0.717, 1.165) is 16.7 Å². The molecule has 6 rings (SSSR count). The standard InChI is InChI=1S/C32H32FN5O5/c1-3-31(18-39)26(40)24(33)29(43-31)38-19-34-25-27(38)35-30(36-28(25)41)37-32(20-10-6-4-7-11-20,21-12-8-5-9-13-21)22-14-16-23(42-2)17-15-22/h4-17,19,24,26,29,39-40H,3,18H2,1-2H3,(H2,35,36,37,41)/t24-,26-,29+,31+/m0/s1. The Kier molecular flexibility index (Phi) is 7.47. The Hall–Kier alpha value is -4.58. The van der Waals surface area contributed by atoms with Crippen molar-refractivity contribution in [1.29, 1.82) is 0 Å². The molecular weight excluding hydrogens is 553 g/mol. The van der Waals surface area contributed by atoms with E-state index >= 15 is 4.39 Å². The van der Waals surface area contributed by atoms with Gasteiger partial charge in [0, 0.05) is 0 Å². The van der Waals surface area contributed by atoms with Crippen LogP contribution in [0.1, 0.15) is 36.3 Å². The van der Waals surface area contributed by atoms with E-state index in [9.17, 15) is 15.0 Å². The lowest BCUT2D eigenvalue weighted by atomic mass is 9.77. The number of nitrogens with one attached hydrogen (secondary N) is 2. The van der Waals surface area contributed by atoms with E-state index < -0.39 is 41.8 Å². The minimum Gasteiger partial charge on any atom is -0.497 e. The zero-order chi connectivity index (χ0) is 30.2.